The molecule has 0 radical (unpaired) electrons. The summed E-state index contributed by atoms with van der Waals surface area (Å²) in [4.78, 5) is 11.7. The molecule has 0 aromatic heterocycles. The minimum atomic E-state index is -3.64. The molecule has 2 heterocycles. The molecule has 3 fully saturated rings. The summed E-state index contributed by atoms with van der Waals surface area (Å²) in [5.41, 5.74) is 1.02. The first-order valence-corrected chi connectivity index (χ1v) is 19.2. The van der Waals surface area contributed by atoms with E-state index >= 15 is 0 Å². The lowest BCUT2D eigenvalue weighted by Gasteiger charge is -2.36. The van der Waals surface area contributed by atoms with E-state index in [9.17, 15) is 13.2 Å². The lowest BCUT2D eigenvalue weighted by Crippen LogP contribution is -2.37. The van der Waals surface area contributed by atoms with Gasteiger partial charge >= 0.3 is 5.97 Å². The number of rotatable bonds is 18. The lowest BCUT2D eigenvalue weighted by atomic mass is 9.80. The molecule has 264 valence electrons. The van der Waals surface area contributed by atoms with Crippen LogP contribution in [-0.4, -0.2) is 85.6 Å². The predicted molar refractivity (Wildman–Crippen MR) is 174 cm³/mol. The molecule has 8 atom stereocenters. The van der Waals surface area contributed by atoms with E-state index < -0.39 is 16.1 Å². The summed E-state index contributed by atoms with van der Waals surface area (Å²) in [6, 6.07) is 0. The number of allylic oxidation sites excluding steroid dienone is 1. The molecule has 3 unspecified atom stereocenters. The fraction of sp³-hybridized carbons (Fsp3) is 0.857. The smallest absolute Gasteiger partial charge is 0.331 e. The predicted octanol–water partition coefficient (Wildman–Crippen LogP) is 5.95. The van der Waals surface area contributed by atoms with Gasteiger partial charge in [-0.1, -0.05) is 57.4 Å². The van der Waals surface area contributed by atoms with Crippen molar-refractivity contribution in [2.45, 2.75) is 116 Å². The van der Waals surface area contributed by atoms with Crippen molar-refractivity contribution in [3.05, 3.63) is 23.8 Å². The molecule has 10 nitrogen and oxygen atoms in total. The monoisotopic (exact) mass is 670 g/mol. The average Bonchev–Trinajstić information content (AvgIpc) is 3.58. The summed E-state index contributed by atoms with van der Waals surface area (Å²) in [5, 5.41) is 0. The quantitative estimate of drug-likeness (QED) is 0.0985. The largest absolute Gasteiger partial charge is 0.467 e. The van der Waals surface area contributed by atoms with Gasteiger partial charge in [-0.2, -0.15) is 8.42 Å². The maximum absolute atomic E-state index is 11.9. The van der Waals surface area contributed by atoms with Gasteiger partial charge in [0.15, 0.2) is 12.6 Å². The lowest BCUT2D eigenvalue weighted by molar-refractivity contribution is -0.198. The molecule has 2 saturated heterocycles. The second kappa shape index (κ2) is 17.9. The Hall–Kier alpha value is -1.34. The normalized spacial score (nSPS) is 30.2. The third-order valence-corrected chi connectivity index (χ3v) is 10.5. The molecule has 0 aromatic rings. The Morgan fingerprint density at radius 2 is 1.80 bits per heavy atom. The van der Waals surface area contributed by atoms with Crippen molar-refractivity contribution in [3.63, 3.8) is 0 Å². The van der Waals surface area contributed by atoms with Crippen LogP contribution in [0.1, 0.15) is 91.4 Å². The number of carbonyl (C=O) groups excluding carboxylic acids is 1. The molecule has 46 heavy (non-hydrogen) atoms. The van der Waals surface area contributed by atoms with E-state index in [1.807, 2.05) is 0 Å². The Kier molecular flexibility index (Phi) is 14.6. The second-order valence-electron chi connectivity index (χ2n) is 14.2. The molecule has 11 heteroatoms. The highest BCUT2D eigenvalue weighted by Gasteiger charge is 2.47. The van der Waals surface area contributed by atoms with Crippen molar-refractivity contribution in [1.29, 1.82) is 0 Å². The number of ether oxygens (including phenoxy) is 6. The molecule has 1 saturated carbocycles. The average molecular weight is 671 g/mol. The molecule has 0 N–H and O–H groups in total. The van der Waals surface area contributed by atoms with E-state index in [4.69, 9.17) is 32.6 Å². The Morgan fingerprint density at radius 1 is 1.09 bits per heavy atom. The van der Waals surface area contributed by atoms with Crippen LogP contribution in [0, 0.1) is 29.1 Å². The molecule has 2 aliphatic heterocycles. The van der Waals surface area contributed by atoms with E-state index in [1.165, 1.54) is 7.11 Å². The van der Waals surface area contributed by atoms with Crippen molar-refractivity contribution < 1.29 is 45.8 Å². The highest BCUT2D eigenvalue weighted by molar-refractivity contribution is 7.85. The van der Waals surface area contributed by atoms with Crippen molar-refractivity contribution in [2.24, 2.45) is 29.1 Å². The van der Waals surface area contributed by atoms with E-state index in [-0.39, 0.29) is 67.8 Å². The van der Waals surface area contributed by atoms with Crippen LogP contribution in [0.15, 0.2) is 23.8 Å². The Bertz CT molecular complexity index is 1110. The molecule has 4 aliphatic rings. The summed E-state index contributed by atoms with van der Waals surface area (Å²) in [6.07, 6.45) is 18.6. The molecule has 0 bridgehead atoms. The standard InChI is InChI=1S/C35H58O10S/c1-6-7-16-35(2,3)31(45-34-13-9-11-18-42-34)15-14-28-29-20-25(19-26(29)21-30(28)44-33-12-8-10-17-41-33)27(23-43-46(5,37)38)22-40-24-32(36)39-4/h14-15,20,26-31,33-34H,6-13,16-19,21-24H2,1-5H3/b15-14+/t26-,27?,28+,29-,30+,31+,33?,34?/m0/s1. The van der Waals surface area contributed by atoms with Crippen LogP contribution in [0.5, 0.6) is 0 Å². The molecule has 0 amide bonds. The Labute approximate surface area is 277 Å². The fourth-order valence-electron chi connectivity index (χ4n) is 7.26. The van der Waals surface area contributed by atoms with Gasteiger partial charge in [0.1, 0.15) is 6.61 Å². The van der Waals surface area contributed by atoms with Gasteiger partial charge in [-0.3, -0.25) is 4.18 Å². The number of fused-ring (bicyclic) bond motifs is 1. The number of methoxy groups -OCH3 is 1. The van der Waals surface area contributed by atoms with Gasteiger partial charge in [0.2, 0.25) is 0 Å². The fourth-order valence-corrected chi connectivity index (χ4v) is 7.67. The zero-order valence-electron chi connectivity index (χ0n) is 28.7. The van der Waals surface area contributed by atoms with Crippen LogP contribution in [0.2, 0.25) is 0 Å². The highest BCUT2D eigenvalue weighted by Crippen LogP contribution is 2.50. The SMILES string of the molecule is CCCCC(C)(C)[C@@H](/C=C/[C@@H]1[C@H]2C=C(C(COCC(=O)OC)COS(C)(=O)=O)C[C@H]2C[C@H]1OC1CCCCO1)OC1CCCCO1. The van der Waals surface area contributed by atoms with Crippen LogP contribution < -0.4 is 0 Å². The zero-order valence-corrected chi connectivity index (χ0v) is 29.5. The summed E-state index contributed by atoms with van der Waals surface area (Å²) in [5.74, 6) is -0.156. The molecule has 0 aromatic carbocycles. The van der Waals surface area contributed by atoms with Gasteiger partial charge in [-0.05, 0) is 75.0 Å². The first kappa shape index (κ1) is 37.5. The minimum absolute atomic E-state index is 0.00113. The van der Waals surface area contributed by atoms with Gasteiger partial charge < -0.3 is 28.4 Å². The topological polar surface area (TPSA) is 116 Å². The van der Waals surface area contributed by atoms with E-state index in [0.29, 0.717) is 5.92 Å². The van der Waals surface area contributed by atoms with E-state index in [1.54, 1.807) is 0 Å². The van der Waals surface area contributed by atoms with Gasteiger partial charge in [-0.25, -0.2) is 4.79 Å². The molecular weight excluding hydrogens is 612 g/mol. The number of esters is 1. The van der Waals surface area contributed by atoms with Crippen LogP contribution in [0.25, 0.3) is 0 Å². The van der Waals surface area contributed by atoms with Crippen molar-refractivity contribution in [1.82, 2.24) is 0 Å². The highest BCUT2D eigenvalue weighted by atomic mass is 32.2. The summed E-state index contributed by atoms with van der Waals surface area (Å²) in [6.45, 7) is 8.19. The van der Waals surface area contributed by atoms with Crippen LogP contribution in [-0.2, 0) is 47.5 Å². The number of hydrogen-bond donors (Lipinski definition) is 0. The molecule has 0 spiro atoms. The maximum Gasteiger partial charge on any atom is 0.331 e. The third kappa shape index (κ3) is 11.4. The van der Waals surface area contributed by atoms with E-state index in [0.717, 1.165) is 95.7 Å². The zero-order chi connectivity index (χ0) is 33.2. The summed E-state index contributed by atoms with van der Waals surface area (Å²) < 4.78 is 64.7. The first-order chi connectivity index (χ1) is 22.0. The Balaban J connectivity index is 1.57. The number of carbonyl (C=O) groups is 1. The third-order valence-electron chi connectivity index (χ3n) is 9.99. The van der Waals surface area contributed by atoms with E-state index in [2.05, 4.69) is 39.0 Å². The van der Waals surface area contributed by atoms with Crippen LogP contribution in [0.4, 0.5) is 0 Å². The first-order valence-electron chi connectivity index (χ1n) is 17.4. The Morgan fingerprint density at radius 3 is 2.43 bits per heavy atom. The van der Waals surface area contributed by atoms with Crippen molar-refractivity contribution in [2.75, 3.05) is 46.4 Å². The van der Waals surface area contributed by atoms with Crippen molar-refractivity contribution >= 4 is 16.1 Å². The van der Waals surface area contributed by atoms with Gasteiger partial charge in [0, 0.05) is 25.0 Å². The van der Waals surface area contributed by atoms with Crippen molar-refractivity contribution in [3.8, 4) is 0 Å². The van der Waals surface area contributed by atoms with Gasteiger partial charge in [0.25, 0.3) is 10.1 Å². The maximum atomic E-state index is 11.9. The number of hydrogen-bond acceptors (Lipinski definition) is 10. The summed E-state index contributed by atoms with van der Waals surface area (Å²) in [7, 11) is -2.33. The van der Waals surface area contributed by atoms with Gasteiger partial charge in [0.05, 0.1) is 38.8 Å². The molecule has 2 aliphatic carbocycles. The molecular formula is C35H58O10S. The van der Waals surface area contributed by atoms with Gasteiger partial charge in [-0.15, -0.1) is 0 Å². The molecule has 4 rings (SSSR count). The van der Waals surface area contributed by atoms with Crippen LogP contribution in [0.3, 0.4) is 0 Å². The minimum Gasteiger partial charge on any atom is -0.467 e. The summed E-state index contributed by atoms with van der Waals surface area (Å²) >= 11 is 0. The second-order valence-corrected chi connectivity index (χ2v) is 15.8. The van der Waals surface area contributed by atoms with Crippen LogP contribution >= 0.6 is 0 Å². The number of unbranched alkanes of at least 4 members (excludes halogenated alkanes) is 1.